The van der Waals surface area contributed by atoms with Gasteiger partial charge in [-0.05, 0) is 47.2 Å². The van der Waals surface area contributed by atoms with Gasteiger partial charge in [0.1, 0.15) is 5.75 Å². The van der Waals surface area contributed by atoms with E-state index in [9.17, 15) is 4.79 Å². The lowest BCUT2D eigenvalue weighted by Crippen LogP contribution is -2.21. The summed E-state index contributed by atoms with van der Waals surface area (Å²) in [7, 11) is 1.56. The maximum atomic E-state index is 12.3. The Morgan fingerprint density at radius 3 is 2.82 bits per heavy atom. The van der Waals surface area contributed by atoms with Gasteiger partial charge in [0, 0.05) is 11.0 Å². The number of nitrogens with one attached hydrogen (secondary N) is 1. The molecule has 1 aromatic carbocycles. The van der Waals surface area contributed by atoms with Gasteiger partial charge in [0.15, 0.2) is 4.77 Å². The second kappa shape index (κ2) is 4.62. The van der Waals surface area contributed by atoms with E-state index in [2.05, 4.69) is 20.9 Å². The Morgan fingerprint density at radius 2 is 2.24 bits per heavy atom. The molecule has 0 fully saturated rings. The van der Waals surface area contributed by atoms with Crippen LogP contribution < -0.4 is 10.3 Å². The molecule has 0 amide bonds. The Labute approximate surface area is 111 Å². The predicted molar refractivity (Wildman–Crippen MR) is 73.3 cm³/mol. The summed E-state index contributed by atoms with van der Waals surface area (Å²) in [6.07, 6.45) is 0. The Bertz CT molecular complexity index is 690. The number of hydrogen-bond acceptors (Lipinski definition) is 3. The molecule has 0 saturated carbocycles. The van der Waals surface area contributed by atoms with Gasteiger partial charge in [0.05, 0.1) is 18.0 Å². The molecule has 0 aliphatic heterocycles. The molecule has 2 aromatic rings. The first kappa shape index (κ1) is 12.3. The zero-order chi connectivity index (χ0) is 12.6. The number of rotatable bonds is 2. The minimum Gasteiger partial charge on any atom is -0.495 e. The Hall–Kier alpha value is -1.14. The van der Waals surface area contributed by atoms with E-state index in [0.29, 0.717) is 28.0 Å². The summed E-state index contributed by atoms with van der Waals surface area (Å²) in [6, 6.07) is 3.58. The SMILES string of the molecule is CCn1c(=S)[nH]c2c(OC)ccc(Br)c2c1=O. The van der Waals surface area contributed by atoms with E-state index in [4.69, 9.17) is 17.0 Å². The molecule has 0 radical (unpaired) electrons. The fourth-order valence-corrected chi connectivity index (χ4v) is 2.56. The molecule has 2 rings (SSSR count). The standard InChI is InChI=1S/C11H11BrN2O2S/c1-3-14-10(15)8-6(12)4-5-7(16-2)9(8)13-11(14)17/h4-5H,3H2,1-2H3,(H,13,17). The van der Waals surface area contributed by atoms with Crippen LogP contribution in [0.4, 0.5) is 0 Å². The van der Waals surface area contributed by atoms with Crippen LogP contribution in [0.15, 0.2) is 21.4 Å². The summed E-state index contributed by atoms with van der Waals surface area (Å²) in [5.74, 6) is 0.606. The van der Waals surface area contributed by atoms with Crippen molar-refractivity contribution in [3.05, 3.63) is 31.7 Å². The molecule has 90 valence electrons. The van der Waals surface area contributed by atoms with Crippen molar-refractivity contribution >= 4 is 39.1 Å². The first-order valence-corrected chi connectivity index (χ1v) is 6.29. The van der Waals surface area contributed by atoms with Gasteiger partial charge < -0.3 is 9.72 Å². The normalized spacial score (nSPS) is 10.8. The van der Waals surface area contributed by atoms with Crippen LogP contribution in [0.1, 0.15) is 6.92 Å². The highest BCUT2D eigenvalue weighted by molar-refractivity contribution is 9.10. The van der Waals surface area contributed by atoms with E-state index in [1.54, 1.807) is 19.2 Å². The number of hydrogen-bond donors (Lipinski definition) is 1. The van der Waals surface area contributed by atoms with E-state index in [0.717, 1.165) is 4.47 Å². The van der Waals surface area contributed by atoms with Gasteiger partial charge >= 0.3 is 0 Å². The molecule has 0 unspecified atom stereocenters. The molecule has 0 aliphatic rings. The number of methoxy groups -OCH3 is 1. The topological polar surface area (TPSA) is 47.0 Å². The van der Waals surface area contributed by atoms with Crippen molar-refractivity contribution < 1.29 is 4.74 Å². The Kier molecular flexibility index (Phi) is 3.35. The number of aromatic nitrogens is 2. The summed E-state index contributed by atoms with van der Waals surface area (Å²) in [5, 5.41) is 0.555. The van der Waals surface area contributed by atoms with Gasteiger partial charge in [-0.3, -0.25) is 9.36 Å². The summed E-state index contributed by atoms with van der Waals surface area (Å²) < 4.78 is 7.87. The van der Waals surface area contributed by atoms with Crippen molar-refractivity contribution in [3.8, 4) is 5.75 Å². The molecule has 17 heavy (non-hydrogen) atoms. The van der Waals surface area contributed by atoms with Crippen molar-refractivity contribution in [2.45, 2.75) is 13.5 Å². The first-order chi connectivity index (χ1) is 8.10. The maximum absolute atomic E-state index is 12.3. The predicted octanol–water partition coefficient (Wildman–Crippen LogP) is 2.85. The van der Waals surface area contributed by atoms with Crippen LogP contribution in [0.3, 0.4) is 0 Å². The highest BCUT2D eigenvalue weighted by atomic mass is 79.9. The van der Waals surface area contributed by atoms with Crippen LogP contribution in [0.25, 0.3) is 10.9 Å². The van der Waals surface area contributed by atoms with Crippen molar-refractivity contribution in [2.75, 3.05) is 7.11 Å². The lowest BCUT2D eigenvalue weighted by Gasteiger charge is -2.09. The fraction of sp³-hybridized carbons (Fsp3) is 0.273. The van der Waals surface area contributed by atoms with E-state index in [1.165, 1.54) is 4.57 Å². The van der Waals surface area contributed by atoms with Crippen molar-refractivity contribution in [1.29, 1.82) is 0 Å². The van der Waals surface area contributed by atoms with Gasteiger partial charge in [0.2, 0.25) is 0 Å². The Morgan fingerprint density at radius 1 is 1.53 bits per heavy atom. The van der Waals surface area contributed by atoms with Crippen LogP contribution in [0, 0.1) is 4.77 Å². The lowest BCUT2D eigenvalue weighted by atomic mass is 10.2. The fourth-order valence-electron chi connectivity index (χ4n) is 1.75. The van der Waals surface area contributed by atoms with Crippen LogP contribution in [-0.2, 0) is 6.54 Å². The molecule has 0 bridgehead atoms. The van der Waals surface area contributed by atoms with E-state index < -0.39 is 0 Å². The minimum atomic E-state index is -0.114. The number of ether oxygens (including phenoxy) is 1. The number of benzene rings is 1. The molecule has 4 nitrogen and oxygen atoms in total. The zero-order valence-corrected chi connectivity index (χ0v) is 11.8. The summed E-state index contributed by atoms with van der Waals surface area (Å²) in [5.41, 5.74) is 0.513. The second-order valence-corrected chi connectivity index (χ2v) is 4.72. The molecule has 6 heteroatoms. The summed E-state index contributed by atoms with van der Waals surface area (Å²) >= 11 is 8.53. The average Bonchev–Trinajstić information content (AvgIpc) is 2.29. The number of fused-ring (bicyclic) bond motifs is 1. The maximum Gasteiger partial charge on any atom is 0.263 e. The zero-order valence-electron chi connectivity index (χ0n) is 9.41. The molecule has 0 saturated heterocycles. The molecule has 1 N–H and O–H groups in total. The minimum absolute atomic E-state index is 0.114. The average molecular weight is 315 g/mol. The second-order valence-electron chi connectivity index (χ2n) is 3.48. The molecule has 0 spiro atoms. The third kappa shape index (κ3) is 1.91. The highest BCUT2D eigenvalue weighted by Crippen LogP contribution is 2.27. The van der Waals surface area contributed by atoms with E-state index >= 15 is 0 Å². The number of H-pyrrole nitrogens is 1. The van der Waals surface area contributed by atoms with Crippen LogP contribution in [0.2, 0.25) is 0 Å². The van der Waals surface area contributed by atoms with Gasteiger partial charge in [0.25, 0.3) is 5.56 Å². The molecular weight excluding hydrogens is 304 g/mol. The van der Waals surface area contributed by atoms with Crippen LogP contribution >= 0.6 is 28.1 Å². The van der Waals surface area contributed by atoms with Crippen molar-refractivity contribution in [1.82, 2.24) is 9.55 Å². The van der Waals surface area contributed by atoms with E-state index in [1.807, 2.05) is 6.92 Å². The summed E-state index contributed by atoms with van der Waals surface area (Å²) in [6.45, 7) is 2.42. The number of nitrogens with zero attached hydrogens (tertiary/aromatic N) is 1. The number of aromatic amines is 1. The smallest absolute Gasteiger partial charge is 0.263 e. The third-order valence-electron chi connectivity index (χ3n) is 2.59. The van der Waals surface area contributed by atoms with E-state index in [-0.39, 0.29) is 5.56 Å². The molecular formula is C11H11BrN2O2S. The van der Waals surface area contributed by atoms with Gasteiger partial charge in [-0.2, -0.15) is 0 Å². The quantitative estimate of drug-likeness (QED) is 0.867. The van der Waals surface area contributed by atoms with Crippen molar-refractivity contribution in [3.63, 3.8) is 0 Å². The summed E-state index contributed by atoms with van der Waals surface area (Å²) in [4.78, 5) is 15.3. The lowest BCUT2D eigenvalue weighted by molar-refractivity contribution is 0.418. The molecule has 0 aliphatic carbocycles. The molecule has 0 atom stereocenters. The third-order valence-corrected chi connectivity index (χ3v) is 3.57. The van der Waals surface area contributed by atoms with Gasteiger partial charge in [-0.25, -0.2) is 0 Å². The first-order valence-electron chi connectivity index (χ1n) is 5.09. The van der Waals surface area contributed by atoms with Crippen LogP contribution in [-0.4, -0.2) is 16.7 Å². The molecule has 1 aromatic heterocycles. The van der Waals surface area contributed by atoms with Gasteiger partial charge in [-0.15, -0.1) is 0 Å². The molecule has 1 heterocycles. The highest BCUT2D eigenvalue weighted by Gasteiger charge is 2.11. The van der Waals surface area contributed by atoms with Crippen LogP contribution in [0.5, 0.6) is 5.75 Å². The van der Waals surface area contributed by atoms with Crippen molar-refractivity contribution in [2.24, 2.45) is 0 Å². The monoisotopic (exact) mass is 314 g/mol. The Balaban J connectivity index is 3.06. The number of halogens is 1. The largest absolute Gasteiger partial charge is 0.495 e. The van der Waals surface area contributed by atoms with Gasteiger partial charge in [-0.1, -0.05) is 0 Å².